The third-order valence-corrected chi connectivity index (χ3v) is 12.1. The van der Waals surface area contributed by atoms with Crippen molar-refractivity contribution in [3.8, 4) is 11.1 Å². The van der Waals surface area contributed by atoms with E-state index in [0.717, 1.165) is 11.3 Å². The van der Waals surface area contributed by atoms with Crippen LogP contribution in [0.1, 0.15) is 140 Å². The van der Waals surface area contributed by atoms with Crippen molar-refractivity contribution >= 4 is 23.3 Å². The Labute approximate surface area is 241 Å². The molecule has 0 heterocycles. The van der Waals surface area contributed by atoms with E-state index in [4.69, 9.17) is 4.55 Å². The molecule has 4 rings (SSSR count). The molecular formula is C34H53O3PS. The molecule has 3 nitrogen and oxygen atoms in total. The maximum atomic E-state index is 9.19. The molecule has 0 bridgehead atoms. The molecule has 2 aromatic carbocycles. The first-order chi connectivity index (χ1) is 18.4. The summed E-state index contributed by atoms with van der Waals surface area (Å²) in [6.07, 6.45) is 15.3. The van der Waals surface area contributed by atoms with Gasteiger partial charge >= 0.3 is 0 Å². The van der Waals surface area contributed by atoms with E-state index in [1.807, 2.05) is 0 Å². The molecule has 0 radical (unpaired) electrons. The van der Waals surface area contributed by atoms with Crippen LogP contribution >= 0.6 is 7.92 Å². The molecule has 0 unspecified atom stereocenters. The molecule has 2 aliphatic carbocycles. The highest BCUT2D eigenvalue weighted by atomic mass is 32.2. The number of benzene rings is 2. The summed E-state index contributed by atoms with van der Waals surface area (Å²) in [6.45, 7) is 14.3. The topological polar surface area (TPSA) is 54.4 Å². The summed E-state index contributed by atoms with van der Waals surface area (Å²) in [5.41, 5.74) is 9.71. The molecule has 0 atom stereocenters. The second-order valence-corrected chi connectivity index (χ2v) is 17.0. The highest BCUT2D eigenvalue weighted by Crippen LogP contribution is 2.56. The van der Waals surface area contributed by atoms with Crippen molar-refractivity contribution in [2.45, 2.75) is 135 Å². The van der Waals surface area contributed by atoms with Crippen LogP contribution in [0.3, 0.4) is 0 Å². The Kier molecular flexibility index (Phi) is 12.1. The van der Waals surface area contributed by atoms with E-state index in [-0.39, 0.29) is 7.92 Å². The lowest BCUT2D eigenvalue weighted by atomic mass is 9.82. The third-order valence-electron chi connectivity index (χ3n) is 8.52. The standard InChI is InChI=1S/C33H49P.CH4O3S/c1-23(2)26-21-30(24(3)4)33(31(22-26)25(5)6)29-19-13-14-20-32(29)34(27-15-9-7-10-16-27)28-17-11-8-12-18-28;1-5(2,3)4/h13-14,19-25,27-28H,7-12,15-18H2,1-6H3;1H3,(H,2,3,4). The van der Waals surface area contributed by atoms with Crippen LogP contribution in [0, 0.1) is 0 Å². The summed E-state index contributed by atoms with van der Waals surface area (Å²) in [5, 5.41) is 1.75. The van der Waals surface area contributed by atoms with Crippen molar-refractivity contribution < 1.29 is 13.0 Å². The quantitative estimate of drug-likeness (QED) is 0.265. The molecule has 2 aliphatic rings. The van der Waals surface area contributed by atoms with Crippen LogP contribution in [-0.4, -0.2) is 30.5 Å². The van der Waals surface area contributed by atoms with Gasteiger partial charge in [0.2, 0.25) is 0 Å². The number of rotatable bonds is 7. The average Bonchev–Trinajstić information content (AvgIpc) is 2.88. The van der Waals surface area contributed by atoms with Crippen molar-refractivity contribution in [1.29, 1.82) is 0 Å². The monoisotopic (exact) mass is 572 g/mol. The molecule has 2 fully saturated rings. The molecule has 2 aromatic rings. The van der Waals surface area contributed by atoms with Crippen LogP contribution in [0.2, 0.25) is 0 Å². The van der Waals surface area contributed by atoms with Crippen LogP contribution < -0.4 is 5.30 Å². The predicted molar refractivity (Wildman–Crippen MR) is 172 cm³/mol. The molecule has 0 saturated heterocycles. The zero-order valence-electron chi connectivity index (χ0n) is 25.5. The lowest BCUT2D eigenvalue weighted by Crippen LogP contribution is -2.27. The van der Waals surface area contributed by atoms with Crippen molar-refractivity contribution in [3.63, 3.8) is 0 Å². The average molecular weight is 573 g/mol. The van der Waals surface area contributed by atoms with Gasteiger partial charge in [-0.25, -0.2) is 0 Å². The Hall–Kier alpha value is -1.22. The Bertz CT molecular complexity index is 1100. The first-order valence-corrected chi connectivity index (χ1v) is 18.7. The summed E-state index contributed by atoms with van der Waals surface area (Å²) in [4.78, 5) is 0. The Balaban J connectivity index is 0.000000771. The fourth-order valence-corrected chi connectivity index (χ4v) is 10.5. The Morgan fingerprint density at radius 1 is 0.718 bits per heavy atom. The van der Waals surface area contributed by atoms with Crippen LogP contribution in [0.25, 0.3) is 11.1 Å². The molecule has 0 spiro atoms. The van der Waals surface area contributed by atoms with E-state index in [2.05, 4.69) is 77.9 Å². The fourth-order valence-electron chi connectivity index (χ4n) is 6.59. The molecule has 218 valence electrons. The smallest absolute Gasteiger partial charge is 0.261 e. The van der Waals surface area contributed by atoms with Crippen LogP contribution in [0.5, 0.6) is 0 Å². The molecule has 5 heteroatoms. The second kappa shape index (κ2) is 14.6. The third kappa shape index (κ3) is 9.14. The van der Waals surface area contributed by atoms with Crippen LogP contribution in [0.15, 0.2) is 36.4 Å². The molecular weight excluding hydrogens is 519 g/mol. The lowest BCUT2D eigenvalue weighted by Gasteiger charge is -2.40. The molecule has 0 aliphatic heterocycles. The number of hydrogen-bond acceptors (Lipinski definition) is 2. The molecule has 0 aromatic heterocycles. The summed E-state index contributed by atoms with van der Waals surface area (Å²) in [6, 6.07) is 14.8. The first kappa shape index (κ1) is 32.3. The highest BCUT2D eigenvalue weighted by molar-refractivity contribution is 7.85. The van der Waals surface area contributed by atoms with E-state index in [0.29, 0.717) is 24.0 Å². The van der Waals surface area contributed by atoms with E-state index in [1.54, 1.807) is 27.6 Å². The predicted octanol–water partition coefficient (Wildman–Crippen LogP) is 10.0. The van der Waals surface area contributed by atoms with E-state index < -0.39 is 10.1 Å². The zero-order valence-corrected chi connectivity index (χ0v) is 27.3. The van der Waals surface area contributed by atoms with Crippen LogP contribution in [0.4, 0.5) is 0 Å². The zero-order chi connectivity index (χ0) is 28.7. The van der Waals surface area contributed by atoms with Gasteiger partial charge in [-0.1, -0.05) is 124 Å². The van der Waals surface area contributed by atoms with Gasteiger partial charge in [0.1, 0.15) is 0 Å². The normalized spacial score (nSPS) is 17.6. The minimum atomic E-state index is -3.67. The highest BCUT2D eigenvalue weighted by Gasteiger charge is 2.34. The summed E-state index contributed by atoms with van der Waals surface area (Å²) in [7, 11) is -3.79. The largest absolute Gasteiger partial charge is 0.286 e. The molecule has 1 N–H and O–H groups in total. The number of hydrogen-bond donors (Lipinski definition) is 1. The van der Waals surface area contributed by atoms with Crippen molar-refractivity contribution in [1.82, 2.24) is 0 Å². The van der Waals surface area contributed by atoms with Gasteiger partial charge in [-0.15, -0.1) is 0 Å². The van der Waals surface area contributed by atoms with Gasteiger partial charge in [0.15, 0.2) is 0 Å². The Morgan fingerprint density at radius 3 is 1.51 bits per heavy atom. The van der Waals surface area contributed by atoms with Gasteiger partial charge in [0, 0.05) is 0 Å². The van der Waals surface area contributed by atoms with Gasteiger partial charge in [-0.3, -0.25) is 4.55 Å². The minimum Gasteiger partial charge on any atom is -0.286 e. The molecule has 39 heavy (non-hydrogen) atoms. The van der Waals surface area contributed by atoms with Gasteiger partial charge in [-0.2, -0.15) is 8.42 Å². The Morgan fingerprint density at radius 2 is 1.13 bits per heavy atom. The summed E-state index contributed by atoms with van der Waals surface area (Å²) < 4.78 is 25.9. The molecule has 2 saturated carbocycles. The van der Waals surface area contributed by atoms with Crippen molar-refractivity contribution in [2.24, 2.45) is 0 Å². The van der Waals surface area contributed by atoms with Crippen molar-refractivity contribution in [2.75, 3.05) is 6.26 Å². The lowest BCUT2D eigenvalue weighted by molar-refractivity contribution is 0.487. The SMILES string of the molecule is CC(C)c1cc(C(C)C)c(-c2ccccc2P(C2CCCCC2)C2CCCCC2)c(C(C)C)c1.CS(=O)(=O)O. The fraction of sp³-hybridized carbons (Fsp3) is 0.647. The van der Waals surface area contributed by atoms with Gasteiger partial charge in [0.25, 0.3) is 10.1 Å². The van der Waals surface area contributed by atoms with Gasteiger partial charge < -0.3 is 0 Å². The first-order valence-electron chi connectivity index (χ1n) is 15.4. The maximum absolute atomic E-state index is 9.19. The summed E-state index contributed by atoms with van der Waals surface area (Å²) >= 11 is 0. The minimum absolute atomic E-state index is 0.120. The second-order valence-electron chi connectivity index (χ2n) is 12.8. The molecule has 0 amide bonds. The van der Waals surface area contributed by atoms with Gasteiger partial charge in [-0.05, 0) is 87.9 Å². The van der Waals surface area contributed by atoms with E-state index >= 15 is 0 Å². The summed E-state index contributed by atoms with van der Waals surface area (Å²) in [5.74, 6) is 1.64. The van der Waals surface area contributed by atoms with Gasteiger partial charge in [0.05, 0.1) is 6.26 Å². The van der Waals surface area contributed by atoms with Crippen molar-refractivity contribution in [3.05, 3.63) is 53.1 Å². The van der Waals surface area contributed by atoms with Crippen LogP contribution in [-0.2, 0) is 10.1 Å². The maximum Gasteiger partial charge on any atom is 0.261 e. The van der Waals surface area contributed by atoms with E-state index in [1.165, 1.54) is 69.8 Å². The van der Waals surface area contributed by atoms with E-state index in [9.17, 15) is 8.42 Å².